The third-order valence-corrected chi connectivity index (χ3v) is 2.07. The van der Waals surface area contributed by atoms with Crippen LogP contribution in [0.25, 0.3) is 0 Å². The van der Waals surface area contributed by atoms with E-state index < -0.39 is 0 Å². The molecule has 0 radical (unpaired) electrons. The number of hydrogen-bond acceptors (Lipinski definition) is 3. The average Bonchev–Trinajstić information content (AvgIpc) is 2.21. The van der Waals surface area contributed by atoms with Crippen LogP contribution in [0.15, 0.2) is 24.3 Å². The van der Waals surface area contributed by atoms with E-state index in [4.69, 9.17) is 15.6 Å². The lowest BCUT2D eigenvalue weighted by molar-refractivity contribution is 0.0329. The number of benzene rings is 1. The molecule has 1 rings (SSSR count). The van der Waals surface area contributed by atoms with Crippen molar-refractivity contribution in [2.75, 3.05) is 19.8 Å². The van der Waals surface area contributed by atoms with Crippen molar-refractivity contribution in [3.8, 4) is 0 Å². The molecular weight excluding hydrogens is 178 g/mol. The van der Waals surface area contributed by atoms with Crippen LogP contribution in [-0.4, -0.2) is 24.9 Å². The van der Waals surface area contributed by atoms with Gasteiger partial charge in [-0.05, 0) is 12.5 Å². The van der Waals surface area contributed by atoms with Crippen LogP contribution in [0.1, 0.15) is 17.2 Å². The fraction of sp³-hybridized carbons (Fsp3) is 0.455. The Morgan fingerprint density at radius 2 is 2.00 bits per heavy atom. The molecule has 0 aliphatic heterocycles. The van der Waals surface area contributed by atoms with E-state index in [1.807, 2.05) is 31.2 Å². The van der Waals surface area contributed by atoms with Gasteiger partial charge < -0.3 is 15.6 Å². The first-order valence-corrected chi connectivity index (χ1v) is 4.77. The molecule has 0 aliphatic carbocycles. The normalized spacial score (nSPS) is 12.8. The molecule has 3 heteroatoms. The Morgan fingerprint density at radius 3 is 2.50 bits per heavy atom. The summed E-state index contributed by atoms with van der Waals surface area (Å²) in [5.74, 6) is 0. The summed E-state index contributed by atoms with van der Waals surface area (Å²) >= 11 is 0. The molecule has 0 aromatic heterocycles. The summed E-state index contributed by atoms with van der Waals surface area (Å²) < 4.78 is 5.39. The van der Waals surface area contributed by atoms with Gasteiger partial charge in [-0.2, -0.15) is 0 Å². The monoisotopic (exact) mass is 195 g/mol. The molecule has 0 heterocycles. The number of ether oxygens (including phenoxy) is 1. The fourth-order valence-corrected chi connectivity index (χ4v) is 1.28. The quantitative estimate of drug-likeness (QED) is 0.737. The van der Waals surface area contributed by atoms with E-state index >= 15 is 0 Å². The first-order valence-electron chi connectivity index (χ1n) is 4.77. The van der Waals surface area contributed by atoms with E-state index in [1.54, 1.807) is 0 Å². The van der Waals surface area contributed by atoms with Gasteiger partial charge >= 0.3 is 0 Å². The van der Waals surface area contributed by atoms with E-state index in [0.29, 0.717) is 13.2 Å². The second kappa shape index (κ2) is 5.75. The van der Waals surface area contributed by atoms with Crippen LogP contribution in [0, 0.1) is 6.92 Å². The molecule has 3 N–H and O–H groups in total. The Labute approximate surface area is 84.5 Å². The Kier molecular flexibility index (Phi) is 4.59. The maximum absolute atomic E-state index is 8.64. The molecular formula is C11H17NO2. The molecule has 0 spiro atoms. The third kappa shape index (κ3) is 3.10. The lowest BCUT2D eigenvalue weighted by Gasteiger charge is -2.15. The molecule has 0 amide bonds. The molecule has 1 aromatic carbocycles. The number of nitrogens with two attached hydrogens (primary N) is 1. The Bertz CT molecular complexity index is 258. The van der Waals surface area contributed by atoms with Gasteiger partial charge in [-0.1, -0.05) is 29.8 Å². The predicted molar refractivity (Wildman–Crippen MR) is 56.0 cm³/mol. The molecule has 0 aliphatic rings. The van der Waals surface area contributed by atoms with Crippen molar-refractivity contribution in [3.63, 3.8) is 0 Å². The minimum Gasteiger partial charge on any atom is -0.394 e. The average molecular weight is 195 g/mol. The van der Waals surface area contributed by atoms with Gasteiger partial charge in [0.25, 0.3) is 0 Å². The zero-order valence-electron chi connectivity index (χ0n) is 8.44. The van der Waals surface area contributed by atoms with Crippen LogP contribution < -0.4 is 5.73 Å². The van der Waals surface area contributed by atoms with Crippen LogP contribution in [0.2, 0.25) is 0 Å². The van der Waals surface area contributed by atoms with Crippen molar-refractivity contribution in [3.05, 3.63) is 35.4 Å². The number of aliphatic hydroxyl groups is 1. The van der Waals surface area contributed by atoms with Crippen molar-refractivity contribution in [1.82, 2.24) is 0 Å². The summed E-state index contributed by atoms with van der Waals surface area (Å²) in [6, 6.07) is 8.06. The fourth-order valence-electron chi connectivity index (χ4n) is 1.28. The Hall–Kier alpha value is -0.900. The molecule has 0 fully saturated rings. The first kappa shape index (κ1) is 11.2. The Balaban J connectivity index is 2.64. The lowest BCUT2D eigenvalue weighted by Crippen LogP contribution is -2.17. The highest BCUT2D eigenvalue weighted by Crippen LogP contribution is 2.16. The SMILES string of the molecule is Cc1ccc([C@H](CN)OCCO)cc1. The summed E-state index contributed by atoms with van der Waals surface area (Å²) in [5, 5.41) is 8.64. The molecule has 3 nitrogen and oxygen atoms in total. The predicted octanol–water partition coefficient (Wildman–Crippen LogP) is 1.00. The topological polar surface area (TPSA) is 55.5 Å². The summed E-state index contributed by atoms with van der Waals surface area (Å²) in [6.45, 7) is 2.83. The van der Waals surface area contributed by atoms with E-state index in [1.165, 1.54) is 5.56 Å². The largest absolute Gasteiger partial charge is 0.394 e. The highest BCUT2D eigenvalue weighted by Gasteiger charge is 2.08. The van der Waals surface area contributed by atoms with Gasteiger partial charge in [-0.25, -0.2) is 0 Å². The van der Waals surface area contributed by atoms with E-state index in [-0.39, 0.29) is 12.7 Å². The molecule has 0 unspecified atom stereocenters. The summed E-state index contributed by atoms with van der Waals surface area (Å²) in [6.07, 6.45) is -0.109. The van der Waals surface area contributed by atoms with Crippen LogP contribution in [0.3, 0.4) is 0 Å². The van der Waals surface area contributed by atoms with Crippen LogP contribution in [0.4, 0.5) is 0 Å². The van der Waals surface area contributed by atoms with Gasteiger partial charge in [0.1, 0.15) is 0 Å². The van der Waals surface area contributed by atoms with Crippen LogP contribution in [0.5, 0.6) is 0 Å². The summed E-state index contributed by atoms with van der Waals surface area (Å²) in [7, 11) is 0. The van der Waals surface area contributed by atoms with E-state index in [9.17, 15) is 0 Å². The van der Waals surface area contributed by atoms with E-state index in [2.05, 4.69) is 0 Å². The van der Waals surface area contributed by atoms with Gasteiger partial charge in [0.2, 0.25) is 0 Å². The second-order valence-electron chi connectivity index (χ2n) is 3.23. The minimum atomic E-state index is -0.109. The second-order valence-corrected chi connectivity index (χ2v) is 3.23. The lowest BCUT2D eigenvalue weighted by atomic mass is 10.1. The zero-order valence-corrected chi connectivity index (χ0v) is 8.44. The molecule has 0 bridgehead atoms. The highest BCUT2D eigenvalue weighted by molar-refractivity contribution is 5.23. The first-order chi connectivity index (χ1) is 6.77. The van der Waals surface area contributed by atoms with Gasteiger partial charge in [0.05, 0.1) is 19.3 Å². The van der Waals surface area contributed by atoms with Crippen LogP contribution in [-0.2, 0) is 4.74 Å². The number of hydrogen-bond donors (Lipinski definition) is 2. The number of rotatable bonds is 5. The minimum absolute atomic E-state index is 0.0301. The summed E-state index contributed by atoms with van der Waals surface area (Å²) in [4.78, 5) is 0. The van der Waals surface area contributed by atoms with Gasteiger partial charge in [-0.3, -0.25) is 0 Å². The molecule has 78 valence electrons. The molecule has 1 aromatic rings. The van der Waals surface area contributed by atoms with E-state index in [0.717, 1.165) is 5.56 Å². The maximum Gasteiger partial charge on any atom is 0.0948 e. The Morgan fingerprint density at radius 1 is 1.36 bits per heavy atom. The van der Waals surface area contributed by atoms with Crippen molar-refractivity contribution >= 4 is 0 Å². The molecule has 0 saturated heterocycles. The smallest absolute Gasteiger partial charge is 0.0948 e. The maximum atomic E-state index is 8.64. The van der Waals surface area contributed by atoms with Crippen molar-refractivity contribution in [2.24, 2.45) is 5.73 Å². The van der Waals surface area contributed by atoms with Crippen LogP contribution >= 0.6 is 0 Å². The molecule has 1 atom stereocenters. The van der Waals surface area contributed by atoms with Crippen molar-refractivity contribution in [2.45, 2.75) is 13.0 Å². The highest BCUT2D eigenvalue weighted by atomic mass is 16.5. The number of aliphatic hydroxyl groups excluding tert-OH is 1. The standard InChI is InChI=1S/C11H17NO2/c1-9-2-4-10(5-3-9)11(8-12)14-7-6-13/h2-5,11,13H,6-8,12H2,1H3/t11-/m0/s1. The van der Waals surface area contributed by atoms with Crippen molar-refractivity contribution < 1.29 is 9.84 Å². The third-order valence-electron chi connectivity index (χ3n) is 2.07. The molecule has 0 saturated carbocycles. The van der Waals surface area contributed by atoms with Gasteiger partial charge in [0, 0.05) is 6.54 Å². The molecule has 14 heavy (non-hydrogen) atoms. The van der Waals surface area contributed by atoms with Gasteiger partial charge in [0.15, 0.2) is 0 Å². The number of aryl methyl sites for hydroxylation is 1. The van der Waals surface area contributed by atoms with Gasteiger partial charge in [-0.15, -0.1) is 0 Å². The zero-order chi connectivity index (χ0) is 10.4. The summed E-state index contributed by atoms with van der Waals surface area (Å²) in [5.41, 5.74) is 7.85. The van der Waals surface area contributed by atoms with Crippen molar-refractivity contribution in [1.29, 1.82) is 0 Å².